The van der Waals surface area contributed by atoms with Crippen molar-refractivity contribution in [2.45, 2.75) is 31.7 Å². The lowest BCUT2D eigenvalue weighted by Gasteiger charge is -2.26. The molecule has 0 radical (unpaired) electrons. The molecule has 148 valence electrons. The molecule has 2 N–H and O–H groups in total. The highest BCUT2D eigenvalue weighted by atomic mass is 35.5. The van der Waals surface area contributed by atoms with E-state index in [1.807, 2.05) is 47.4 Å². The van der Waals surface area contributed by atoms with Crippen LogP contribution in [0.15, 0.2) is 60.8 Å². The topological polar surface area (TPSA) is 72.1 Å². The molecule has 0 spiro atoms. The zero-order valence-corrected chi connectivity index (χ0v) is 16.8. The maximum atomic E-state index is 13.0. The van der Waals surface area contributed by atoms with Crippen LogP contribution in [0.4, 0.5) is 5.95 Å². The number of benzene rings is 2. The van der Waals surface area contributed by atoms with E-state index in [9.17, 15) is 4.79 Å². The molecule has 1 aromatic heterocycles. The van der Waals surface area contributed by atoms with E-state index in [1.54, 1.807) is 6.20 Å². The summed E-state index contributed by atoms with van der Waals surface area (Å²) in [6.07, 6.45) is 4.78. The maximum absolute atomic E-state index is 13.0. The van der Waals surface area contributed by atoms with E-state index in [0.717, 1.165) is 42.6 Å². The molecule has 1 atom stereocenters. The second-order valence-electron chi connectivity index (χ2n) is 7.26. The zero-order valence-electron chi connectivity index (χ0n) is 16.1. The zero-order chi connectivity index (χ0) is 20.2. The Morgan fingerprint density at radius 2 is 1.90 bits per heavy atom. The van der Waals surface area contributed by atoms with Crippen LogP contribution >= 0.6 is 11.6 Å². The summed E-state index contributed by atoms with van der Waals surface area (Å²) in [5.41, 5.74) is 9.75. The number of hydrogen-bond acceptors (Lipinski definition) is 4. The average Bonchev–Trinajstić information content (AvgIpc) is 3.23. The minimum Gasteiger partial charge on any atom is -0.368 e. The number of amides is 1. The first-order valence-corrected chi connectivity index (χ1v) is 10.2. The average molecular weight is 407 g/mol. The molecule has 1 aliphatic rings. The molecular formula is C23H23ClN4O. The van der Waals surface area contributed by atoms with Crippen LogP contribution in [-0.4, -0.2) is 27.3 Å². The summed E-state index contributed by atoms with van der Waals surface area (Å²) in [6, 6.07) is 17.6. The molecule has 1 saturated heterocycles. The van der Waals surface area contributed by atoms with Gasteiger partial charge in [0.1, 0.15) is 0 Å². The lowest BCUT2D eigenvalue weighted by molar-refractivity contribution is -0.132. The first-order chi connectivity index (χ1) is 14.1. The number of rotatable bonds is 5. The number of aromatic nitrogens is 2. The lowest BCUT2D eigenvalue weighted by atomic mass is 9.99. The summed E-state index contributed by atoms with van der Waals surface area (Å²) in [5.74, 6) is 0.372. The predicted octanol–water partition coefficient (Wildman–Crippen LogP) is 4.68. The summed E-state index contributed by atoms with van der Waals surface area (Å²) in [6.45, 7) is 0.738. The SMILES string of the molecule is Nc1ncc(-c2ccc(Cl)cc2)c([C@H]2CCCN2C(=O)CCc2ccccc2)n1. The van der Waals surface area contributed by atoms with Crippen molar-refractivity contribution < 1.29 is 4.79 Å². The number of halogens is 1. The maximum Gasteiger partial charge on any atom is 0.223 e. The van der Waals surface area contributed by atoms with Gasteiger partial charge in [0.15, 0.2) is 0 Å². The molecule has 4 rings (SSSR count). The van der Waals surface area contributed by atoms with Gasteiger partial charge in [0.2, 0.25) is 11.9 Å². The molecule has 1 fully saturated rings. The van der Waals surface area contributed by atoms with Crippen LogP contribution in [0.25, 0.3) is 11.1 Å². The number of carbonyl (C=O) groups excluding carboxylic acids is 1. The van der Waals surface area contributed by atoms with Crippen LogP contribution in [0.2, 0.25) is 5.02 Å². The number of nitrogens with zero attached hydrogens (tertiary/aromatic N) is 3. The van der Waals surface area contributed by atoms with Gasteiger partial charge < -0.3 is 10.6 Å². The fourth-order valence-corrected chi connectivity index (χ4v) is 4.03. The second kappa shape index (κ2) is 8.62. The minimum atomic E-state index is -0.0887. The van der Waals surface area contributed by atoms with Gasteiger partial charge in [-0.05, 0) is 42.5 Å². The fourth-order valence-electron chi connectivity index (χ4n) is 3.90. The highest BCUT2D eigenvalue weighted by Gasteiger charge is 2.32. The Morgan fingerprint density at radius 3 is 2.66 bits per heavy atom. The lowest BCUT2D eigenvalue weighted by Crippen LogP contribution is -2.31. The van der Waals surface area contributed by atoms with E-state index in [-0.39, 0.29) is 17.9 Å². The van der Waals surface area contributed by atoms with Gasteiger partial charge in [0, 0.05) is 29.7 Å². The van der Waals surface area contributed by atoms with Gasteiger partial charge in [-0.25, -0.2) is 9.97 Å². The second-order valence-corrected chi connectivity index (χ2v) is 7.70. The molecule has 0 unspecified atom stereocenters. The molecule has 6 heteroatoms. The van der Waals surface area contributed by atoms with E-state index < -0.39 is 0 Å². The molecular weight excluding hydrogens is 384 g/mol. The van der Waals surface area contributed by atoms with Crippen molar-refractivity contribution in [1.82, 2.24) is 14.9 Å². The van der Waals surface area contributed by atoms with Crippen molar-refractivity contribution in [2.75, 3.05) is 12.3 Å². The number of aryl methyl sites for hydroxylation is 1. The summed E-state index contributed by atoms with van der Waals surface area (Å²) >= 11 is 6.04. The van der Waals surface area contributed by atoms with Gasteiger partial charge in [0.25, 0.3) is 0 Å². The molecule has 0 bridgehead atoms. The molecule has 1 aliphatic heterocycles. The molecule has 0 aliphatic carbocycles. The number of anilines is 1. The Labute approximate surface area is 175 Å². The fraction of sp³-hybridized carbons (Fsp3) is 0.261. The van der Waals surface area contributed by atoms with Gasteiger partial charge in [-0.15, -0.1) is 0 Å². The third-order valence-corrected chi connectivity index (χ3v) is 5.60. The number of hydrogen-bond donors (Lipinski definition) is 1. The van der Waals surface area contributed by atoms with Crippen molar-refractivity contribution in [3.63, 3.8) is 0 Å². The third-order valence-electron chi connectivity index (χ3n) is 5.35. The van der Waals surface area contributed by atoms with Crippen LogP contribution in [-0.2, 0) is 11.2 Å². The molecule has 5 nitrogen and oxygen atoms in total. The first kappa shape index (κ1) is 19.4. The number of nitrogens with two attached hydrogens (primary N) is 1. The van der Waals surface area contributed by atoms with Gasteiger partial charge in [-0.1, -0.05) is 54.1 Å². The monoisotopic (exact) mass is 406 g/mol. The van der Waals surface area contributed by atoms with Crippen LogP contribution in [0.3, 0.4) is 0 Å². The molecule has 1 amide bonds. The van der Waals surface area contributed by atoms with E-state index in [1.165, 1.54) is 5.56 Å². The number of carbonyl (C=O) groups is 1. The van der Waals surface area contributed by atoms with Crippen molar-refractivity contribution in [3.05, 3.63) is 77.1 Å². The number of nitrogen functional groups attached to an aromatic ring is 1. The van der Waals surface area contributed by atoms with Crippen molar-refractivity contribution in [2.24, 2.45) is 0 Å². The molecule has 29 heavy (non-hydrogen) atoms. The minimum absolute atomic E-state index is 0.0887. The van der Waals surface area contributed by atoms with E-state index >= 15 is 0 Å². The quantitative estimate of drug-likeness (QED) is 0.667. The van der Waals surface area contributed by atoms with Gasteiger partial charge in [-0.3, -0.25) is 4.79 Å². The Morgan fingerprint density at radius 1 is 1.14 bits per heavy atom. The Balaban J connectivity index is 1.59. The van der Waals surface area contributed by atoms with Gasteiger partial charge in [0.05, 0.1) is 11.7 Å². The van der Waals surface area contributed by atoms with Crippen LogP contribution in [0.5, 0.6) is 0 Å². The normalized spacial score (nSPS) is 16.2. The molecule has 3 aromatic rings. The van der Waals surface area contributed by atoms with Crippen molar-refractivity contribution >= 4 is 23.5 Å². The van der Waals surface area contributed by atoms with Crippen LogP contribution < -0.4 is 5.73 Å². The summed E-state index contributed by atoms with van der Waals surface area (Å²) in [5, 5.41) is 0.672. The Hall–Kier alpha value is -2.92. The summed E-state index contributed by atoms with van der Waals surface area (Å²) in [7, 11) is 0. The standard InChI is InChI=1S/C23H23ClN4O/c24-18-11-9-17(10-12-18)19-15-26-23(25)27-22(19)20-7-4-14-28(20)21(29)13-8-16-5-2-1-3-6-16/h1-3,5-6,9-12,15,20H,4,7-8,13-14H2,(H2,25,26,27)/t20-/m1/s1. The predicted molar refractivity (Wildman–Crippen MR) is 115 cm³/mol. The van der Waals surface area contributed by atoms with E-state index in [0.29, 0.717) is 11.4 Å². The third kappa shape index (κ3) is 4.40. The van der Waals surface area contributed by atoms with E-state index in [4.69, 9.17) is 17.3 Å². The highest BCUT2D eigenvalue weighted by molar-refractivity contribution is 6.30. The number of likely N-dealkylation sites (tertiary alicyclic amines) is 1. The highest BCUT2D eigenvalue weighted by Crippen LogP contribution is 2.37. The Kier molecular flexibility index (Phi) is 5.76. The van der Waals surface area contributed by atoms with Crippen molar-refractivity contribution in [3.8, 4) is 11.1 Å². The summed E-state index contributed by atoms with van der Waals surface area (Å²) < 4.78 is 0. The smallest absolute Gasteiger partial charge is 0.223 e. The molecule has 0 saturated carbocycles. The Bertz CT molecular complexity index is 992. The summed E-state index contributed by atoms with van der Waals surface area (Å²) in [4.78, 5) is 23.7. The first-order valence-electron chi connectivity index (χ1n) is 9.83. The van der Waals surface area contributed by atoms with Gasteiger partial charge in [-0.2, -0.15) is 0 Å². The molecule has 2 aromatic carbocycles. The van der Waals surface area contributed by atoms with Crippen LogP contribution in [0.1, 0.15) is 36.6 Å². The van der Waals surface area contributed by atoms with Crippen LogP contribution in [0, 0.1) is 0 Å². The molecule has 2 heterocycles. The van der Waals surface area contributed by atoms with Gasteiger partial charge >= 0.3 is 0 Å². The van der Waals surface area contributed by atoms with E-state index in [2.05, 4.69) is 22.1 Å². The largest absolute Gasteiger partial charge is 0.368 e. The van der Waals surface area contributed by atoms with Crippen molar-refractivity contribution in [1.29, 1.82) is 0 Å².